The van der Waals surface area contributed by atoms with Crippen LogP contribution < -0.4 is 10.2 Å². The average Bonchev–Trinajstić information content (AvgIpc) is 3.07. The predicted molar refractivity (Wildman–Crippen MR) is 102 cm³/mol. The van der Waals surface area contributed by atoms with E-state index in [-0.39, 0.29) is 17.2 Å². The normalized spacial score (nSPS) is 13.7. The van der Waals surface area contributed by atoms with Gasteiger partial charge in [-0.1, -0.05) is 26.8 Å². The van der Waals surface area contributed by atoms with Crippen LogP contribution in [0.25, 0.3) is 11.3 Å². The second-order valence-electron chi connectivity index (χ2n) is 7.41. The third kappa shape index (κ3) is 3.44. The Bertz CT molecular complexity index is 849. The number of carbonyl (C=O) groups is 2. The molecule has 1 aliphatic heterocycles. The number of fused-ring (bicyclic) bond motifs is 1. The molecule has 0 saturated heterocycles. The van der Waals surface area contributed by atoms with Crippen LogP contribution in [-0.2, 0) is 16.0 Å². The molecule has 0 unspecified atom stereocenters. The van der Waals surface area contributed by atoms with Crippen molar-refractivity contribution in [2.45, 2.75) is 41.0 Å². The number of rotatable bonds is 2. The molecular formula is C19H23N3O2S. The SMILES string of the molecule is CC(=O)Nc1nc(-c2ccc3c(c2)CCN3C(=O)C(C)(C)C)c(C)s1. The molecule has 1 aliphatic rings. The summed E-state index contributed by atoms with van der Waals surface area (Å²) in [5.41, 5.74) is 3.69. The smallest absolute Gasteiger partial charge is 0.232 e. The van der Waals surface area contributed by atoms with Crippen LogP contribution >= 0.6 is 11.3 Å². The highest BCUT2D eigenvalue weighted by molar-refractivity contribution is 7.16. The average molecular weight is 357 g/mol. The molecule has 1 aromatic carbocycles. The maximum absolute atomic E-state index is 12.6. The highest BCUT2D eigenvalue weighted by Gasteiger charge is 2.32. The Morgan fingerprint density at radius 2 is 2.00 bits per heavy atom. The molecule has 2 amide bonds. The summed E-state index contributed by atoms with van der Waals surface area (Å²) in [6, 6.07) is 6.13. The van der Waals surface area contributed by atoms with Gasteiger partial charge in [-0.2, -0.15) is 0 Å². The number of hydrogen-bond acceptors (Lipinski definition) is 4. The zero-order valence-corrected chi connectivity index (χ0v) is 16.1. The first-order valence-corrected chi connectivity index (χ1v) is 9.19. The molecule has 5 nitrogen and oxygen atoms in total. The zero-order chi connectivity index (χ0) is 18.4. The molecule has 132 valence electrons. The van der Waals surface area contributed by atoms with Gasteiger partial charge in [0.2, 0.25) is 11.8 Å². The Labute approximate surface area is 152 Å². The van der Waals surface area contributed by atoms with Crippen molar-refractivity contribution < 1.29 is 9.59 Å². The van der Waals surface area contributed by atoms with Crippen molar-refractivity contribution in [2.24, 2.45) is 5.41 Å². The molecule has 2 heterocycles. The summed E-state index contributed by atoms with van der Waals surface area (Å²) >= 11 is 1.47. The van der Waals surface area contributed by atoms with Gasteiger partial charge in [-0.15, -0.1) is 11.3 Å². The summed E-state index contributed by atoms with van der Waals surface area (Å²) < 4.78 is 0. The molecule has 0 saturated carbocycles. The highest BCUT2D eigenvalue weighted by atomic mass is 32.1. The van der Waals surface area contributed by atoms with Crippen LogP contribution in [0.2, 0.25) is 0 Å². The van der Waals surface area contributed by atoms with Gasteiger partial charge in [0.1, 0.15) is 0 Å². The first kappa shape index (κ1) is 17.6. The van der Waals surface area contributed by atoms with Gasteiger partial charge in [0.05, 0.1) is 5.69 Å². The van der Waals surface area contributed by atoms with Crippen LogP contribution in [0.15, 0.2) is 18.2 Å². The van der Waals surface area contributed by atoms with Gasteiger partial charge < -0.3 is 10.2 Å². The molecule has 0 radical (unpaired) electrons. The summed E-state index contributed by atoms with van der Waals surface area (Å²) in [5.74, 6) is 0.0300. The van der Waals surface area contributed by atoms with E-state index in [0.717, 1.165) is 34.8 Å². The van der Waals surface area contributed by atoms with Gasteiger partial charge in [-0.25, -0.2) is 4.98 Å². The minimum atomic E-state index is -0.390. The zero-order valence-electron chi connectivity index (χ0n) is 15.3. The summed E-state index contributed by atoms with van der Waals surface area (Å²) in [5, 5.41) is 3.36. The first-order chi connectivity index (χ1) is 11.7. The van der Waals surface area contributed by atoms with Crippen LogP contribution in [-0.4, -0.2) is 23.3 Å². The number of aryl methyl sites for hydroxylation is 1. The Morgan fingerprint density at radius 1 is 1.28 bits per heavy atom. The van der Waals surface area contributed by atoms with Crippen LogP contribution in [0, 0.1) is 12.3 Å². The van der Waals surface area contributed by atoms with E-state index in [0.29, 0.717) is 5.13 Å². The number of thiazole rings is 1. The second kappa shape index (κ2) is 6.26. The van der Waals surface area contributed by atoms with Gasteiger partial charge in [0.15, 0.2) is 5.13 Å². The fourth-order valence-corrected chi connectivity index (χ4v) is 3.92. The third-order valence-electron chi connectivity index (χ3n) is 4.21. The summed E-state index contributed by atoms with van der Waals surface area (Å²) in [4.78, 5) is 31.3. The largest absolute Gasteiger partial charge is 0.311 e. The van der Waals surface area contributed by atoms with Crippen LogP contribution in [0.3, 0.4) is 0 Å². The molecule has 25 heavy (non-hydrogen) atoms. The molecule has 0 spiro atoms. The standard InChI is InChI=1S/C19H23N3O2S/c1-11-16(21-18(25-11)20-12(2)23)14-6-7-15-13(10-14)8-9-22(15)17(24)19(3,4)5/h6-7,10H,8-9H2,1-5H3,(H,20,21,23). The minimum absolute atomic E-state index is 0.120. The lowest BCUT2D eigenvalue weighted by Crippen LogP contribution is -2.38. The van der Waals surface area contributed by atoms with Gasteiger partial charge >= 0.3 is 0 Å². The van der Waals surface area contributed by atoms with E-state index in [1.54, 1.807) is 0 Å². The lowest BCUT2D eigenvalue weighted by Gasteiger charge is -2.26. The Hall–Kier alpha value is -2.21. The molecule has 1 aromatic heterocycles. The van der Waals surface area contributed by atoms with E-state index in [9.17, 15) is 9.59 Å². The number of nitrogens with one attached hydrogen (secondary N) is 1. The summed E-state index contributed by atoms with van der Waals surface area (Å²) in [6.45, 7) is 10.0. The molecule has 0 aliphatic carbocycles. The maximum atomic E-state index is 12.6. The van der Waals surface area contributed by atoms with Gasteiger partial charge in [0, 0.05) is 35.0 Å². The molecule has 0 fully saturated rings. The van der Waals surface area contributed by atoms with E-state index in [1.165, 1.54) is 23.8 Å². The summed E-state index contributed by atoms with van der Waals surface area (Å²) in [7, 11) is 0. The van der Waals surface area contributed by atoms with Crippen LogP contribution in [0.1, 0.15) is 38.1 Å². The topological polar surface area (TPSA) is 62.3 Å². The number of hydrogen-bond donors (Lipinski definition) is 1. The Kier molecular flexibility index (Phi) is 4.41. The van der Waals surface area contributed by atoms with E-state index in [4.69, 9.17) is 0 Å². The lowest BCUT2D eigenvalue weighted by molar-refractivity contribution is -0.125. The summed E-state index contributed by atoms with van der Waals surface area (Å²) in [6.07, 6.45) is 0.854. The molecule has 6 heteroatoms. The number of carbonyl (C=O) groups excluding carboxylic acids is 2. The van der Waals surface area contributed by atoms with Gasteiger partial charge in [-0.3, -0.25) is 9.59 Å². The van der Waals surface area contributed by atoms with E-state index in [1.807, 2.05) is 44.7 Å². The van der Waals surface area contributed by atoms with Crippen molar-refractivity contribution in [3.63, 3.8) is 0 Å². The van der Waals surface area contributed by atoms with Crippen LogP contribution in [0.5, 0.6) is 0 Å². The Balaban J connectivity index is 1.92. The monoisotopic (exact) mass is 357 g/mol. The lowest BCUT2D eigenvalue weighted by atomic mass is 9.94. The van der Waals surface area contributed by atoms with Crippen molar-refractivity contribution in [1.29, 1.82) is 0 Å². The Morgan fingerprint density at radius 3 is 2.64 bits per heavy atom. The van der Waals surface area contributed by atoms with Crippen molar-refractivity contribution in [2.75, 3.05) is 16.8 Å². The van der Waals surface area contributed by atoms with Crippen molar-refractivity contribution in [3.8, 4) is 11.3 Å². The molecule has 3 rings (SSSR count). The minimum Gasteiger partial charge on any atom is -0.311 e. The molecule has 2 aromatic rings. The van der Waals surface area contributed by atoms with Crippen molar-refractivity contribution in [3.05, 3.63) is 28.6 Å². The fourth-order valence-electron chi connectivity index (χ4n) is 3.03. The second-order valence-corrected chi connectivity index (χ2v) is 8.61. The highest BCUT2D eigenvalue weighted by Crippen LogP contribution is 2.37. The van der Waals surface area contributed by atoms with E-state index in [2.05, 4.69) is 16.4 Å². The number of aromatic nitrogens is 1. The van der Waals surface area contributed by atoms with Crippen LogP contribution in [0.4, 0.5) is 10.8 Å². The predicted octanol–water partition coefficient (Wildman–Crippen LogP) is 4.01. The van der Waals surface area contributed by atoms with Crippen molar-refractivity contribution >= 4 is 34.0 Å². The van der Waals surface area contributed by atoms with E-state index >= 15 is 0 Å². The number of nitrogens with zero attached hydrogens (tertiary/aromatic N) is 2. The number of amides is 2. The number of anilines is 2. The van der Waals surface area contributed by atoms with Crippen molar-refractivity contribution in [1.82, 2.24) is 4.98 Å². The first-order valence-electron chi connectivity index (χ1n) is 8.37. The molecule has 1 N–H and O–H groups in total. The van der Waals surface area contributed by atoms with E-state index < -0.39 is 0 Å². The molecule has 0 atom stereocenters. The molecule has 0 bridgehead atoms. The maximum Gasteiger partial charge on any atom is 0.232 e. The van der Waals surface area contributed by atoms with Gasteiger partial charge in [0.25, 0.3) is 0 Å². The van der Waals surface area contributed by atoms with Gasteiger partial charge in [-0.05, 0) is 31.0 Å². The molecular weight excluding hydrogens is 334 g/mol. The number of benzene rings is 1. The quantitative estimate of drug-likeness (QED) is 0.883. The fraction of sp³-hybridized carbons (Fsp3) is 0.421. The third-order valence-corrected chi connectivity index (χ3v) is 5.10.